The second-order valence-corrected chi connectivity index (χ2v) is 5.80. The van der Waals surface area contributed by atoms with E-state index in [4.69, 9.17) is 10.5 Å². The minimum atomic E-state index is -0.204. The Labute approximate surface area is 102 Å². The van der Waals surface area contributed by atoms with E-state index in [1.54, 1.807) is 0 Å². The molecule has 1 spiro atoms. The van der Waals surface area contributed by atoms with Crippen LogP contribution in [-0.2, 0) is 4.74 Å². The smallest absolute Gasteiger partial charge is 0.0935 e. The number of likely N-dealkylation sites (tertiary alicyclic amines) is 1. The highest BCUT2D eigenvalue weighted by Gasteiger charge is 2.45. The van der Waals surface area contributed by atoms with E-state index in [-0.39, 0.29) is 11.7 Å². The van der Waals surface area contributed by atoms with Gasteiger partial charge in [0.15, 0.2) is 0 Å². The molecule has 0 aliphatic carbocycles. The number of ether oxygens (including phenoxy) is 1. The Hall–Kier alpha value is -0.200. The van der Waals surface area contributed by atoms with Crippen molar-refractivity contribution < 1.29 is 9.84 Å². The van der Waals surface area contributed by atoms with Crippen LogP contribution in [0.1, 0.15) is 19.3 Å². The first kappa shape index (κ1) is 11.9. The highest BCUT2D eigenvalue weighted by molar-refractivity contribution is 5.00. The Morgan fingerprint density at radius 3 is 2.88 bits per heavy atom. The molecule has 0 saturated carbocycles. The van der Waals surface area contributed by atoms with Gasteiger partial charge in [0.1, 0.15) is 0 Å². The first-order valence-corrected chi connectivity index (χ1v) is 6.71. The largest absolute Gasteiger partial charge is 0.392 e. The summed E-state index contributed by atoms with van der Waals surface area (Å²) < 4.78 is 6.15. The molecule has 3 atom stereocenters. The number of aliphatic hydroxyl groups excluding tert-OH is 1. The van der Waals surface area contributed by atoms with Crippen molar-refractivity contribution in [2.75, 3.05) is 32.7 Å². The first-order chi connectivity index (χ1) is 8.21. The number of β-amino-alcohol motifs (C(OH)–C–C–N with tert-alkyl or cyclic N) is 1. The van der Waals surface area contributed by atoms with Crippen molar-refractivity contribution in [2.24, 2.45) is 5.73 Å². The lowest BCUT2D eigenvalue weighted by atomic mass is 9.93. The molecule has 5 nitrogen and oxygen atoms in total. The summed E-state index contributed by atoms with van der Waals surface area (Å²) in [5.41, 5.74) is 5.89. The van der Waals surface area contributed by atoms with Crippen LogP contribution in [0.4, 0.5) is 0 Å². The second kappa shape index (κ2) is 4.48. The van der Waals surface area contributed by atoms with Gasteiger partial charge in [-0.3, -0.25) is 4.90 Å². The van der Waals surface area contributed by atoms with E-state index in [9.17, 15) is 5.11 Å². The van der Waals surface area contributed by atoms with Crippen molar-refractivity contribution >= 4 is 0 Å². The van der Waals surface area contributed by atoms with Gasteiger partial charge in [0, 0.05) is 38.8 Å². The molecule has 3 saturated heterocycles. The van der Waals surface area contributed by atoms with Crippen LogP contribution in [0.3, 0.4) is 0 Å². The molecule has 5 heteroatoms. The van der Waals surface area contributed by atoms with Crippen molar-refractivity contribution in [1.29, 1.82) is 0 Å². The number of aliphatic hydroxyl groups is 1. The summed E-state index contributed by atoms with van der Waals surface area (Å²) >= 11 is 0. The number of hydrogen-bond acceptors (Lipinski definition) is 5. The molecule has 3 aliphatic heterocycles. The van der Waals surface area contributed by atoms with E-state index >= 15 is 0 Å². The van der Waals surface area contributed by atoms with Gasteiger partial charge < -0.3 is 20.9 Å². The molecule has 0 aromatic carbocycles. The SMILES string of the molecule is NC[C@H]1C[C@@H](O)CN1CC1CCC2(CNC2)O1. The van der Waals surface area contributed by atoms with E-state index in [0.717, 1.165) is 39.0 Å². The van der Waals surface area contributed by atoms with E-state index < -0.39 is 0 Å². The molecule has 0 amide bonds. The topological polar surface area (TPSA) is 70.8 Å². The van der Waals surface area contributed by atoms with Crippen LogP contribution in [-0.4, -0.2) is 66.6 Å². The van der Waals surface area contributed by atoms with Crippen LogP contribution in [0.15, 0.2) is 0 Å². The second-order valence-electron chi connectivity index (χ2n) is 5.80. The van der Waals surface area contributed by atoms with Gasteiger partial charge in [-0.1, -0.05) is 0 Å². The number of hydrogen-bond donors (Lipinski definition) is 3. The van der Waals surface area contributed by atoms with Crippen molar-refractivity contribution in [2.45, 2.75) is 43.1 Å². The Morgan fingerprint density at radius 1 is 1.47 bits per heavy atom. The number of nitrogens with two attached hydrogens (primary N) is 1. The minimum absolute atomic E-state index is 0.140. The predicted octanol–water partition coefficient (Wildman–Crippen LogP) is -1.10. The average molecular weight is 241 g/mol. The summed E-state index contributed by atoms with van der Waals surface area (Å²) in [4.78, 5) is 2.31. The maximum atomic E-state index is 9.69. The maximum Gasteiger partial charge on any atom is 0.0935 e. The molecule has 98 valence electrons. The molecule has 0 bridgehead atoms. The van der Waals surface area contributed by atoms with Crippen molar-refractivity contribution in [3.8, 4) is 0 Å². The molecular formula is C12H23N3O2. The normalized spacial score (nSPS) is 40.9. The molecule has 4 N–H and O–H groups in total. The molecule has 1 unspecified atom stereocenters. The molecule has 3 rings (SSSR count). The monoisotopic (exact) mass is 241 g/mol. The van der Waals surface area contributed by atoms with Gasteiger partial charge in [-0.2, -0.15) is 0 Å². The lowest BCUT2D eigenvalue weighted by Gasteiger charge is -2.39. The number of nitrogens with zero attached hydrogens (tertiary/aromatic N) is 1. The fourth-order valence-corrected chi connectivity index (χ4v) is 3.38. The van der Waals surface area contributed by atoms with Crippen LogP contribution >= 0.6 is 0 Å². The summed E-state index contributed by atoms with van der Waals surface area (Å²) in [7, 11) is 0. The van der Waals surface area contributed by atoms with Gasteiger partial charge in [-0.25, -0.2) is 0 Å². The highest BCUT2D eigenvalue weighted by Crippen LogP contribution is 2.34. The molecule has 3 heterocycles. The van der Waals surface area contributed by atoms with Crippen molar-refractivity contribution in [3.05, 3.63) is 0 Å². The molecule has 0 aromatic rings. The van der Waals surface area contributed by atoms with Gasteiger partial charge in [0.25, 0.3) is 0 Å². The molecular weight excluding hydrogens is 218 g/mol. The van der Waals surface area contributed by atoms with Crippen LogP contribution < -0.4 is 11.1 Å². The third kappa shape index (κ3) is 2.22. The minimum Gasteiger partial charge on any atom is -0.392 e. The third-order valence-corrected chi connectivity index (χ3v) is 4.45. The van der Waals surface area contributed by atoms with Crippen LogP contribution in [0.2, 0.25) is 0 Å². The standard InChI is InChI=1S/C12H23N3O2/c13-4-9-3-10(16)5-15(9)6-11-1-2-12(17-11)7-14-8-12/h9-11,14,16H,1-8,13H2/t9-,10-,11?/m1/s1. The van der Waals surface area contributed by atoms with Crippen molar-refractivity contribution in [3.63, 3.8) is 0 Å². The number of rotatable bonds is 3. The quantitative estimate of drug-likeness (QED) is 0.585. The van der Waals surface area contributed by atoms with Crippen LogP contribution in [0, 0.1) is 0 Å². The Bertz CT molecular complexity index is 283. The zero-order valence-electron chi connectivity index (χ0n) is 10.3. The van der Waals surface area contributed by atoms with Gasteiger partial charge in [-0.05, 0) is 19.3 Å². The van der Waals surface area contributed by atoms with Gasteiger partial charge in [0.05, 0.1) is 17.8 Å². The zero-order chi connectivity index (χ0) is 11.9. The summed E-state index contributed by atoms with van der Waals surface area (Å²) in [6, 6.07) is 0.338. The molecule has 3 aliphatic rings. The summed E-state index contributed by atoms with van der Waals surface area (Å²) in [5.74, 6) is 0. The van der Waals surface area contributed by atoms with E-state index in [1.165, 1.54) is 6.42 Å². The van der Waals surface area contributed by atoms with Crippen LogP contribution in [0.5, 0.6) is 0 Å². The maximum absolute atomic E-state index is 9.69. The predicted molar refractivity (Wildman–Crippen MR) is 64.7 cm³/mol. The summed E-state index contributed by atoms with van der Waals surface area (Å²) in [6.45, 7) is 4.34. The molecule has 0 aromatic heterocycles. The van der Waals surface area contributed by atoms with E-state index in [1.807, 2.05) is 0 Å². The van der Waals surface area contributed by atoms with E-state index in [0.29, 0.717) is 18.7 Å². The Morgan fingerprint density at radius 2 is 2.29 bits per heavy atom. The highest BCUT2D eigenvalue weighted by atomic mass is 16.5. The van der Waals surface area contributed by atoms with Gasteiger partial charge >= 0.3 is 0 Å². The van der Waals surface area contributed by atoms with E-state index in [2.05, 4.69) is 10.2 Å². The van der Waals surface area contributed by atoms with Crippen molar-refractivity contribution in [1.82, 2.24) is 10.2 Å². The molecule has 17 heavy (non-hydrogen) atoms. The Balaban J connectivity index is 1.53. The average Bonchev–Trinajstić information content (AvgIpc) is 2.82. The summed E-state index contributed by atoms with van der Waals surface area (Å²) in [5, 5.41) is 13.0. The third-order valence-electron chi connectivity index (χ3n) is 4.45. The lowest BCUT2D eigenvalue weighted by Crippen LogP contribution is -2.59. The lowest BCUT2D eigenvalue weighted by molar-refractivity contribution is -0.0817. The fraction of sp³-hybridized carbons (Fsp3) is 1.00. The number of nitrogens with one attached hydrogen (secondary N) is 1. The van der Waals surface area contributed by atoms with Gasteiger partial charge in [0.2, 0.25) is 0 Å². The Kier molecular flexibility index (Phi) is 3.13. The fourth-order valence-electron chi connectivity index (χ4n) is 3.38. The van der Waals surface area contributed by atoms with Crippen LogP contribution in [0.25, 0.3) is 0 Å². The zero-order valence-corrected chi connectivity index (χ0v) is 10.3. The van der Waals surface area contributed by atoms with Gasteiger partial charge in [-0.15, -0.1) is 0 Å². The summed E-state index contributed by atoms with van der Waals surface area (Å²) in [6.07, 6.45) is 3.26. The first-order valence-electron chi connectivity index (χ1n) is 6.71. The molecule has 3 fully saturated rings. The molecule has 0 radical (unpaired) electrons.